The summed E-state index contributed by atoms with van der Waals surface area (Å²) in [4.78, 5) is 11.4. The Morgan fingerprint density at radius 3 is 1.55 bits per heavy atom. The average Bonchev–Trinajstić information content (AvgIpc) is 2.73. The van der Waals surface area contributed by atoms with Crippen LogP contribution in [-0.4, -0.2) is 17.2 Å². The Hall–Kier alpha value is -1.51. The highest BCUT2D eigenvalue weighted by molar-refractivity contribution is 5.72. The lowest BCUT2D eigenvalue weighted by Crippen LogP contribution is -2.26. The number of hydrogen-bond donors (Lipinski definition) is 1. The van der Waals surface area contributed by atoms with Gasteiger partial charge in [-0.3, -0.25) is 0 Å². The van der Waals surface area contributed by atoms with Crippen molar-refractivity contribution in [2.24, 2.45) is 0 Å². The lowest BCUT2D eigenvalue weighted by molar-refractivity contribution is -0.145. The van der Waals surface area contributed by atoms with Crippen LogP contribution in [0.2, 0.25) is 0 Å². The zero-order valence-corrected chi connectivity index (χ0v) is 18.7. The van der Waals surface area contributed by atoms with Crippen molar-refractivity contribution in [1.29, 1.82) is 0 Å². The van der Waals surface area contributed by atoms with E-state index in [-0.39, 0.29) is 0 Å². The lowest BCUT2D eigenvalue weighted by Gasteiger charge is -2.14. The van der Waals surface area contributed by atoms with Crippen LogP contribution in [0.3, 0.4) is 0 Å². The summed E-state index contributed by atoms with van der Waals surface area (Å²) >= 11 is 0. The molecule has 0 saturated heterocycles. The molecule has 0 aliphatic heterocycles. The van der Waals surface area contributed by atoms with Gasteiger partial charge in [-0.1, -0.05) is 121 Å². The van der Waals surface area contributed by atoms with Crippen LogP contribution >= 0.6 is 0 Å². The third-order valence-corrected chi connectivity index (χ3v) is 5.62. The predicted molar refractivity (Wildman–Crippen MR) is 123 cm³/mol. The van der Waals surface area contributed by atoms with Gasteiger partial charge < -0.3 is 9.84 Å². The highest BCUT2D eigenvalue weighted by atomic mass is 16.5. The van der Waals surface area contributed by atoms with Crippen LogP contribution in [0.1, 0.15) is 116 Å². The third kappa shape index (κ3) is 15.1. The standard InChI is InChI=1S/C26H44O3/c1-2-3-4-5-6-7-8-9-10-11-12-13-14-15-16-20-23-25(26(27)28)29-24-21-18-17-19-22-24/h17-19,21-22,25H,2-16,20,23H2,1H3,(H,27,28). The Labute approximate surface area is 179 Å². The first kappa shape index (κ1) is 25.5. The van der Waals surface area contributed by atoms with Gasteiger partial charge in [0.25, 0.3) is 0 Å². The molecular weight excluding hydrogens is 360 g/mol. The number of para-hydroxylation sites is 1. The normalized spacial score (nSPS) is 12.0. The number of carbonyl (C=O) groups is 1. The van der Waals surface area contributed by atoms with E-state index in [0.717, 1.165) is 12.8 Å². The molecule has 166 valence electrons. The molecule has 3 heteroatoms. The van der Waals surface area contributed by atoms with E-state index in [1.165, 1.54) is 89.9 Å². The van der Waals surface area contributed by atoms with Crippen molar-refractivity contribution < 1.29 is 14.6 Å². The fraction of sp³-hybridized carbons (Fsp3) is 0.731. The summed E-state index contributed by atoms with van der Waals surface area (Å²) in [6.07, 6.45) is 21.1. The number of aliphatic carboxylic acids is 1. The summed E-state index contributed by atoms with van der Waals surface area (Å²) in [5.41, 5.74) is 0. The van der Waals surface area contributed by atoms with Crippen molar-refractivity contribution in [1.82, 2.24) is 0 Å². The van der Waals surface area contributed by atoms with Gasteiger partial charge in [0, 0.05) is 0 Å². The van der Waals surface area contributed by atoms with Gasteiger partial charge in [-0.25, -0.2) is 4.79 Å². The molecular formula is C26H44O3. The third-order valence-electron chi connectivity index (χ3n) is 5.62. The van der Waals surface area contributed by atoms with E-state index in [1.807, 2.05) is 30.3 Å². The van der Waals surface area contributed by atoms with Crippen LogP contribution in [0.25, 0.3) is 0 Å². The molecule has 0 radical (unpaired) electrons. The minimum absolute atomic E-state index is 0.586. The van der Waals surface area contributed by atoms with Crippen LogP contribution in [0.15, 0.2) is 30.3 Å². The van der Waals surface area contributed by atoms with Crippen molar-refractivity contribution >= 4 is 5.97 Å². The van der Waals surface area contributed by atoms with Gasteiger partial charge in [0.2, 0.25) is 0 Å². The molecule has 0 spiro atoms. The van der Waals surface area contributed by atoms with E-state index in [1.54, 1.807) is 0 Å². The SMILES string of the molecule is CCCCCCCCCCCCCCCCCCC(Oc1ccccc1)C(=O)O. The first-order chi connectivity index (χ1) is 14.2. The quantitative estimate of drug-likeness (QED) is 0.223. The Morgan fingerprint density at radius 2 is 1.14 bits per heavy atom. The minimum atomic E-state index is -0.866. The Bertz CT molecular complexity index is 486. The monoisotopic (exact) mass is 404 g/mol. The molecule has 0 bridgehead atoms. The smallest absolute Gasteiger partial charge is 0.344 e. The maximum atomic E-state index is 11.4. The Balaban J connectivity index is 1.88. The molecule has 0 aliphatic carbocycles. The largest absolute Gasteiger partial charge is 0.479 e. The molecule has 1 rings (SSSR count). The fourth-order valence-electron chi connectivity index (χ4n) is 3.77. The lowest BCUT2D eigenvalue weighted by atomic mass is 10.0. The molecule has 1 aromatic rings. The topological polar surface area (TPSA) is 46.5 Å². The predicted octanol–water partition coefficient (Wildman–Crippen LogP) is 8.17. The maximum absolute atomic E-state index is 11.4. The molecule has 3 nitrogen and oxygen atoms in total. The second-order valence-electron chi connectivity index (χ2n) is 8.35. The highest BCUT2D eigenvalue weighted by Gasteiger charge is 2.18. The summed E-state index contributed by atoms with van der Waals surface area (Å²) in [5, 5.41) is 9.34. The molecule has 1 atom stereocenters. The first-order valence-electron chi connectivity index (χ1n) is 12.2. The number of carboxylic acid groups (broad SMARTS) is 1. The number of rotatable bonds is 20. The van der Waals surface area contributed by atoms with Gasteiger partial charge in [-0.15, -0.1) is 0 Å². The molecule has 1 unspecified atom stereocenters. The van der Waals surface area contributed by atoms with Crippen molar-refractivity contribution in [2.75, 3.05) is 0 Å². The second kappa shape index (κ2) is 18.5. The second-order valence-corrected chi connectivity index (χ2v) is 8.35. The van der Waals surface area contributed by atoms with Crippen LogP contribution in [0, 0.1) is 0 Å². The zero-order valence-electron chi connectivity index (χ0n) is 18.7. The van der Waals surface area contributed by atoms with Crippen LogP contribution in [-0.2, 0) is 4.79 Å². The Morgan fingerprint density at radius 1 is 0.724 bits per heavy atom. The summed E-state index contributed by atoms with van der Waals surface area (Å²) in [7, 11) is 0. The molecule has 0 saturated carbocycles. The number of carboxylic acids is 1. The van der Waals surface area contributed by atoms with E-state index in [4.69, 9.17) is 4.74 Å². The summed E-state index contributed by atoms with van der Waals surface area (Å²) in [6, 6.07) is 9.25. The molecule has 29 heavy (non-hydrogen) atoms. The van der Waals surface area contributed by atoms with Gasteiger partial charge >= 0.3 is 5.97 Å². The van der Waals surface area contributed by atoms with E-state index in [0.29, 0.717) is 12.2 Å². The van der Waals surface area contributed by atoms with Gasteiger partial charge in [-0.05, 0) is 25.0 Å². The maximum Gasteiger partial charge on any atom is 0.344 e. The van der Waals surface area contributed by atoms with Crippen molar-refractivity contribution in [2.45, 2.75) is 122 Å². The first-order valence-corrected chi connectivity index (χ1v) is 12.2. The molecule has 0 aliphatic rings. The molecule has 1 N–H and O–H groups in total. The number of hydrogen-bond acceptors (Lipinski definition) is 2. The van der Waals surface area contributed by atoms with E-state index in [9.17, 15) is 9.90 Å². The summed E-state index contributed by atoms with van der Waals surface area (Å²) in [6.45, 7) is 2.27. The van der Waals surface area contributed by atoms with Crippen LogP contribution in [0.4, 0.5) is 0 Å². The van der Waals surface area contributed by atoms with Gasteiger partial charge in [-0.2, -0.15) is 0 Å². The van der Waals surface area contributed by atoms with Crippen molar-refractivity contribution in [3.63, 3.8) is 0 Å². The molecule has 0 heterocycles. The zero-order chi connectivity index (χ0) is 21.0. The minimum Gasteiger partial charge on any atom is -0.479 e. The van der Waals surface area contributed by atoms with Crippen LogP contribution in [0.5, 0.6) is 5.75 Å². The van der Waals surface area contributed by atoms with E-state index in [2.05, 4.69) is 6.92 Å². The number of ether oxygens (including phenoxy) is 1. The highest BCUT2D eigenvalue weighted by Crippen LogP contribution is 2.17. The summed E-state index contributed by atoms with van der Waals surface area (Å²) < 4.78 is 5.60. The Kier molecular flexibility index (Phi) is 16.3. The van der Waals surface area contributed by atoms with Gasteiger partial charge in [0.15, 0.2) is 6.10 Å². The fourth-order valence-corrected chi connectivity index (χ4v) is 3.77. The average molecular weight is 405 g/mol. The van der Waals surface area contributed by atoms with Crippen molar-refractivity contribution in [3.8, 4) is 5.75 Å². The molecule has 1 aromatic carbocycles. The van der Waals surface area contributed by atoms with E-state index >= 15 is 0 Å². The number of unbranched alkanes of at least 4 members (excludes halogenated alkanes) is 15. The van der Waals surface area contributed by atoms with E-state index < -0.39 is 12.1 Å². The summed E-state index contributed by atoms with van der Waals surface area (Å²) in [5.74, 6) is -0.230. The molecule has 0 amide bonds. The van der Waals surface area contributed by atoms with Crippen LogP contribution < -0.4 is 4.74 Å². The van der Waals surface area contributed by atoms with Gasteiger partial charge in [0.1, 0.15) is 5.75 Å². The van der Waals surface area contributed by atoms with Gasteiger partial charge in [0.05, 0.1) is 0 Å². The number of benzene rings is 1. The molecule has 0 aromatic heterocycles. The van der Waals surface area contributed by atoms with Crippen molar-refractivity contribution in [3.05, 3.63) is 30.3 Å². The molecule has 0 fully saturated rings.